The maximum Gasteiger partial charge on any atom is 0.164 e. The summed E-state index contributed by atoms with van der Waals surface area (Å²) in [6, 6.07) is 60.6. The molecule has 0 unspecified atom stereocenters. The Kier molecular flexibility index (Phi) is 9.09. The lowest BCUT2D eigenvalue weighted by Crippen LogP contribution is -2.01. The highest BCUT2D eigenvalue weighted by atomic mass is 15.0. The van der Waals surface area contributed by atoms with Crippen molar-refractivity contribution in [1.29, 1.82) is 0 Å². The van der Waals surface area contributed by atoms with E-state index in [1.165, 1.54) is 10.8 Å². The summed E-state index contributed by atoms with van der Waals surface area (Å²) in [6.45, 7) is 9.13. The molecule has 0 bridgehead atoms. The Hall–Kier alpha value is -8.02. The number of nitrogens with zero attached hydrogens (tertiary/aromatic N) is 5. The van der Waals surface area contributed by atoms with Crippen LogP contribution in [0.3, 0.4) is 0 Å². The SMILES string of the molecule is C=C(/C=C\C(=C)c1cccc2c1c1ccccc1n2-c1ccccc1)c1ccc(-c2nc(-c3ccccc3)nc(-c3ccc(-c4ccncc4)cc3)n2)c2ccccc12. The maximum absolute atomic E-state index is 5.11. The average molecular weight is 756 g/mol. The molecule has 0 aliphatic rings. The van der Waals surface area contributed by atoms with E-state index < -0.39 is 0 Å². The minimum atomic E-state index is 0.604. The second-order valence-electron chi connectivity index (χ2n) is 14.5. The summed E-state index contributed by atoms with van der Waals surface area (Å²) in [5, 5.41) is 4.46. The van der Waals surface area contributed by atoms with Crippen molar-refractivity contribution in [1.82, 2.24) is 24.5 Å². The smallest absolute Gasteiger partial charge is 0.164 e. The van der Waals surface area contributed by atoms with Crippen molar-refractivity contribution in [2.45, 2.75) is 0 Å². The lowest BCUT2D eigenvalue weighted by atomic mass is 9.94. The molecule has 3 aromatic heterocycles. The summed E-state index contributed by atoms with van der Waals surface area (Å²) in [4.78, 5) is 19.3. The highest BCUT2D eigenvalue weighted by Gasteiger charge is 2.18. The number of rotatable bonds is 9. The summed E-state index contributed by atoms with van der Waals surface area (Å²) >= 11 is 0. The number of hydrogen-bond donors (Lipinski definition) is 0. The van der Waals surface area contributed by atoms with E-state index in [0.717, 1.165) is 77.6 Å². The first-order valence-corrected chi connectivity index (χ1v) is 19.6. The van der Waals surface area contributed by atoms with E-state index in [2.05, 4.69) is 168 Å². The Balaban J connectivity index is 1.02. The molecule has 0 saturated carbocycles. The van der Waals surface area contributed by atoms with Crippen LogP contribution in [-0.4, -0.2) is 24.5 Å². The topological polar surface area (TPSA) is 56.5 Å². The Morgan fingerprint density at radius 3 is 1.68 bits per heavy atom. The van der Waals surface area contributed by atoms with Gasteiger partial charge < -0.3 is 4.57 Å². The highest BCUT2D eigenvalue weighted by molar-refractivity contribution is 6.14. The second kappa shape index (κ2) is 15.1. The van der Waals surface area contributed by atoms with Crippen molar-refractivity contribution in [2.24, 2.45) is 0 Å². The van der Waals surface area contributed by atoms with Gasteiger partial charge in [-0.05, 0) is 86.6 Å². The molecule has 10 aromatic rings. The third-order valence-corrected chi connectivity index (χ3v) is 10.9. The van der Waals surface area contributed by atoms with Crippen molar-refractivity contribution in [3.8, 4) is 51.0 Å². The molecule has 0 spiro atoms. The van der Waals surface area contributed by atoms with Gasteiger partial charge in [0.2, 0.25) is 0 Å². The van der Waals surface area contributed by atoms with E-state index in [0.29, 0.717) is 17.5 Å². The largest absolute Gasteiger partial charge is 0.309 e. The lowest BCUT2D eigenvalue weighted by molar-refractivity contribution is 1.08. The fourth-order valence-corrected chi connectivity index (χ4v) is 7.99. The van der Waals surface area contributed by atoms with Gasteiger partial charge in [-0.15, -0.1) is 0 Å². The van der Waals surface area contributed by atoms with E-state index in [1.54, 1.807) is 12.4 Å². The zero-order valence-corrected chi connectivity index (χ0v) is 32.2. The van der Waals surface area contributed by atoms with Crippen molar-refractivity contribution in [3.63, 3.8) is 0 Å². The van der Waals surface area contributed by atoms with Gasteiger partial charge in [-0.3, -0.25) is 4.98 Å². The van der Waals surface area contributed by atoms with Gasteiger partial charge >= 0.3 is 0 Å². The average Bonchev–Trinajstić information content (AvgIpc) is 3.65. The molecule has 0 radical (unpaired) electrons. The molecule has 278 valence electrons. The summed E-state index contributed by atoms with van der Waals surface area (Å²) < 4.78 is 2.33. The van der Waals surface area contributed by atoms with E-state index in [9.17, 15) is 0 Å². The number of allylic oxidation sites excluding steroid dienone is 4. The zero-order valence-electron chi connectivity index (χ0n) is 32.2. The normalized spacial score (nSPS) is 11.5. The fraction of sp³-hybridized carbons (Fsp3) is 0. The number of aromatic nitrogens is 5. The van der Waals surface area contributed by atoms with Crippen molar-refractivity contribution in [2.75, 3.05) is 0 Å². The summed E-state index contributed by atoms with van der Waals surface area (Å²) in [6.07, 6.45) is 7.77. The van der Waals surface area contributed by atoms with Gasteiger partial charge in [-0.1, -0.05) is 159 Å². The van der Waals surface area contributed by atoms with Crippen LogP contribution < -0.4 is 0 Å². The van der Waals surface area contributed by atoms with Gasteiger partial charge in [-0.2, -0.15) is 0 Å². The molecular formula is C54H37N5. The van der Waals surface area contributed by atoms with Crippen molar-refractivity contribution in [3.05, 3.63) is 225 Å². The van der Waals surface area contributed by atoms with E-state index >= 15 is 0 Å². The monoisotopic (exact) mass is 755 g/mol. The number of fused-ring (bicyclic) bond motifs is 4. The van der Waals surface area contributed by atoms with Crippen LogP contribution in [0.1, 0.15) is 11.1 Å². The van der Waals surface area contributed by atoms with Crippen molar-refractivity contribution >= 4 is 43.7 Å². The fourth-order valence-electron chi connectivity index (χ4n) is 7.99. The minimum absolute atomic E-state index is 0.604. The Morgan fingerprint density at radius 1 is 0.407 bits per heavy atom. The molecule has 0 atom stereocenters. The number of hydrogen-bond acceptors (Lipinski definition) is 4. The van der Waals surface area contributed by atoms with Crippen LogP contribution in [0.5, 0.6) is 0 Å². The van der Waals surface area contributed by atoms with Crippen LogP contribution in [0.2, 0.25) is 0 Å². The number of pyridine rings is 1. The van der Waals surface area contributed by atoms with Gasteiger partial charge in [0.25, 0.3) is 0 Å². The molecule has 0 saturated heterocycles. The lowest BCUT2D eigenvalue weighted by Gasteiger charge is -2.13. The first-order chi connectivity index (χ1) is 29.1. The van der Waals surface area contributed by atoms with Crippen molar-refractivity contribution < 1.29 is 0 Å². The molecule has 0 aliphatic carbocycles. The maximum atomic E-state index is 5.11. The van der Waals surface area contributed by atoms with Crippen LogP contribution in [-0.2, 0) is 0 Å². The van der Waals surface area contributed by atoms with Crippen LogP contribution in [0.25, 0.3) is 94.7 Å². The second-order valence-corrected chi connectivity index (χ2v) is 14.5. The molecule has 0 fully saturated rings. The van der Waals surface area contributed by atoms with Gasteiger partial charge in [0.05, 0.1) is 11.0 Å². The Morgan fingerprint density at radius 2 is 0.949 bits per heavy atom. The standard InChI is InChI=1S/C54H37N5/c1-36(24-25-37(2)44-21-13-23-50-51(44)48-20-11-12-22-49(48)59(50)42-16-7-4-8-17-42)43-30-31-47(46-19-10-9-18-45(43)46)54-57-52(40-14-5-3-6-15-40)56-53(58-54)41-28-26-38(27-29-41)39-32-34-55-35-33-39/h3-35H,1-2H2/b25-24-. The molecule has 0 amide bonds. The van der Waals surface area contributed by atoms with Gasteiger partial charge in [0.15, 0.2) is 17.5 Å². The molecule has 0 N–H and O–H groups in total. The molecule has 7 aromatic carbocycles. The zero-order chi connectivity index (χ0) is 39.7. The van der Waals surface area contributed by atoms with Crippen LogP contribution in [0.4, 0.5) is 0 Å². The molecule has 5 nitrogen and oxygen atoms in total. The Bertz CT molecular complexity index is 3220. The predicted molar refractivity (Wildman–Crippen MR) is 245 cm³/mol. The molecule has 3 heterocycles. The van der Waals surface area contributed by atoms with Gasteiger partial charge in [0, 0.05) is 45.5 Å². The third kappa shape index (κ3) is 6.61. The first-order valence-electron chi connectivity index (χ1n) is 19.6. The van der Waals surface area contributed by atoms with Crippen LogP contribution >= 0.6 is 0 Å². The summed E-state index contributed by atoms with van der Waals surface area (Å²) in [7, 11) is 0. The predicted octanol–water partition coefficient (Wildman–Crippen LogP) is 13.5. The molecule has 59 heavy (non-hydrogen) atoms. The summed E-state index contributed by atoms with van der Waals surface area (Å²) in [5.41, 5.74) is 12.3. The summed E-state index contributed by atoms with van der Waals surface area (Å²) in [5.74, 6) is 1.83. The van der Waals surface area contributed by atoms with Crippen LogP contribution in [0.15, 0.2) is 214 Å². The quantitative estimate of drug-likeness (QED) is 0.138. The Labute approximate surface area is 342 Å². The molecular weight excluding hydrogens is 719 g/mol. The third-order valence-electron chi connectivity index (χ3n) is 10.9. The van der Waals surface area contributed by atoms with Gasteiger partial charge in [0.1, 0.15) is 0 Å². The van der Waals surface area contributed by atoms with E-state index in [-0.39, 0.29) is 0 Å². The number of para-hydroxylation sites is 2. The van der Waals surface area contributed by atoms with Gasteiger partial charge in [-0.25, -0.2) is 15.0 Å². The minimum Gasteiger partial charge on any atom is -0.309 e. The molecule has 10 rings (SSSR count). The van der Waals surface area contributed by atoms with E-state index in [1.807, 2.05) is 42.5 Å². The van der Waals surface area contributed by atoms with E-state index in [4.69, 9.17) is 15.0 Å². The molecule has 5 heteroatoms. The number of benzene rings is 7. The van der Waals surface area contributed by atoms with Crippen LogP contribution in [0, 0.1) is 0 Å². The highest BCUT2D eigenvalue weighted by Crippen LogP contribution is 2.38. The first kappa shape index (κ1) is 35.4. The molecule has 0 aliphatic heterocycles.